The van der Waals surface area contributed by atoms with Gasteiger partial charge in [-0.15, -0.1) is 0 Å². The third-order valence-electron chi connectivity index (χ3n) is 2.56. The second-order valence-electron chi connectivity index (χ2n) is 3.72. The number of aromatic nitrogens is 2. The van der Waals surface area contributed by atoms with Crippen LogP contribution in [-0.4, -0.2) is 23.1 Å². The van der Waals surface area contributed by atoms with Crippen LogP contribution >= 0.6 is 11.6 Å². The average molecular weight is 293 g/mol. The second kappa shape index (κ2) is 6.40. The largest absolute Gasteiger partial charge is 1.00 e. The molecule has 0 radical (unpaired) electrons. The van der Waals surface area contributed by atoms with Gasteiger partial charge in [-0.05, 0) is 36.5 Å². The Morgan fingerprint density at radius 2 is 2.12 bits per heavy atom. The van der Waals surface area contributed by atoms with E-state index in [4.69, 9.17) is 16.3 Å². The SMILES string of the molecule is F[B-](F)(F)c1cnc(Cl)n1C1CCCCO1.[K+]. The summed E-state index contributed by atoms with van der Waals surface area (Å²) in [5, 5.41) is -0.166. The fourth-order valence-electron chi connectivity index (χ4n) is 1.81. The molecule has 0 bridgehead atoms. The van der Waals surface area contributed by atoms with Gasteiger partial charge in [0.2, 0.25) is 5.28 Å². The van der Waals surface area contributed by atoms with Gasteiger partial charge < -0.3 is 22.3 Å². The second-order valence-corrected chi connectivity index (χ2v) is 4.06. The molecule has 9 heteroatoms. The van der Waals surface area contributed by atoms with E-state index in [1.54, 1.807) is 0 Å². The minimum Gasteiger partial charge on any atom is -0.444 e. The first-order valence-electron chi connectivity index (χ1n) is 5.04. The van der Waals surface area contributed by atoms with Gasteiger partial charge in [0.05, 0.1) is 0 Å². The number of halogens is 4. The summed E-state index contributed by atoms with van der Waals surface area (Å²) in [5.74, 6) is 0. The van der Waals surface area contributed by atoms with Crippen LogP contribution in [0.3, 0.4) is 0 Å². The molecule has 3 nitrogen and oxygen atoms in total. The summed E-state index contributed by atoms with van der Waals surface area (Å²) < 4.78 is 44.3. The molecule has 0 saturated carbocycles. The number of hydrogen-bond acceptors (Lipinski definition) is 2. The third-order valence-corrected chi connectivity index (χ3v) is 2.84. The van der Waals surface area contributed by atoms with Crippen molar-refractivity contribution in [2.75, 3.05) is 6.61 Å². The smallest absolute Gasteiger partial charge is 0.444 e. The molecular formula is C8H10BClF3KN2O. The van der Waals surface area contributed by atoms with Gasteiger partial charge in [0.1, 0.15) is 6.23 Å². The van der Waals surface area contributed by atoms with Crippen LogP contribution in [0.25, 0.3) is 0 Å². The van der Waals surface area contributed by atoms with Crippen LogP contribution < -0.4 is 57.0 Å². The van der Waals surface area contributed by atoms with Gasteiger partial charge in [0.25, 0.3) is 0 Å². The number of ether oxygens (including phenoxy) is 1. The maximum Gasteiger partial charge on any atom is 1.00 e. The summed E-state index contributed by atoms with van der Waals surface area (Å²) in [6.07, 6.45) is 2.37. The van der Waals surface area contributed by atoms with Crippen LogP contribution in [-0.2, 0) is 4.74 Å². The Balaban J connectivity index is 0.00000144. The fourth-order valence-corrected chi connectivity index (χ4v) is 2.06. The predicted molar refractivity (Wildman–Crippen MR) is 54.8 cm³/mol. The van der Waals surface area contributed by atoms with Crippen molar-refractivity contribution >= 4 is 24.2 Å². The Morgan fingerprint density at radius 3 is 2.65 bits per heavy atom. The summed E-state index contributed by atoms with van der Waals surface area (Å²) >= 11 is 5.67. The van der Waals surface area contributed by atoms with E-state index < -0.39 is 18.8 Å². The molecule has 1 saturated heterocycles. The molecule has 1 aliphatic heterocycles. The van der Waals surface area contributed by atoms with E-state index in [-0.39, 0.29) is 56.7 Å². The van der Waals surface area contributed by atoms with Gasteiger partial charge in [-0.2, -0.15) is 0 Å². The van der Waals surface area contributed by atoms with Crippen LogP contribution in [0.4, 0.5) is 12.9 Å². The topological polar surface area (TPSA) is 27.1 Å². The molecule has 90 valence electrons. The first-order valence-corrected chi connectivity index (χ1v) is 5.42. The fraction of sp³-hybridized carbons (Fsp3) is 0.625. The summed E-state index contributed by atoms with van der Waals surface area (Å²) in [6, 6.07) is 0. The molecule has 1 unspecified atom stereocenters. The predicted octanol–water partition coefficient (Wildman–Crippen LogP) is -0.706. The van der Waals surface area contributed by atoms with Crippen LogP contribution in [0, 0.1) is 0 Å². The summed E-state index contributed by atoms with van der Waals surface area (Å²) in [5.41, 5.74) is -0.795. The molecule has 0 N–H and O–H groups in total. The van der Waals surface area contributed by atoms with Gasteiger partial charge >= 0.3 is 58.4 Å². The van der Waals surface area contributed by atoms with Crippen molar-refractivity contribution in [1.29, 1.82) is 0 Å². The molecule has 1 atom stereocenters. The molecule has 1 fully saturated rings. The molecule has 2 rings (SSSR count). The molecule has 1 aromatic heterocycles. The van der Waals surface area contributed by atoms with Crippen molar-refractivity contribution in [3.05, 3.63) is 11.5 Å². The summed E-state index contributed by atoms with van der Waals surface area (Å²) in [4.78, 5) is 3.50. The summed E-state index contributed by atoms with van der Waals surface area (Å²) in [7, 11) is 0. The average Bonchev–Trinajstić information content (AvgIpc) is 2.61. The molecule has 1 aromatic rings. The maximum atomic E-state index is 12.7. The normalized spacial score (nSPS) is 21.1. The van der Waals surface area contributed by atoms with Crippen molar-refractivity contribution in [2.45, 2.75) is 25.5 Å². The van der Waals surface area contributed by atoms with E-state index in [0.717, 1.165) is 23.6 Å². The van der Waals surface area contributed by atoms with Gasteiger partial charge in [-0.1, -0.05) is 0 Å². The van der Waals surface area contributed by atoms with E-state index in [9.17, 15) is 12.9 Å². The van der Waals surface area contributed by atoms with Crippen LogP contribution in [0.1, 0.15) is 25.5 Å². The first kappa shape index (κ1) is 16.0. The Kier molecular flexibility index (Phi) is 6.03. The van der Waals surface area contributed by atoms with Gasteiger partial charge in [-0.3, -0.25) is 0 Å². The Labute approximate surface area is 145 Å². The molecule has 0 aromatic carbocycles. The first-order chi connectivity index (χ1) is 7.50. The maximum absolute atomic E-state index is 12.7. The zero-order chi connectivity index (χ0) is 11.8. The Morgan fingerprint density at radius 1 is 1.41 bits per heavy atom. The van der Waals surface area contributed by atoms with Crippen LogP contribution in [0.5, 0.6) is 0 Å². The number of imidazole rings is 1. The Bertz CT molecular complexity index is 381. The molecule has 17 heavy (non-hydrogen) atoms. The zero-order valence-corrected chi connectivity index (χ0v) is 13.3. The monoisotopic (exact) mass is 292 g/mol. The standard InChI is InChI=1S/C8H10BClF3N2O.K/c10-8-14-5-6(9(11,12)13)15(8)7-3-1-2-4-16-7;/h5,7H,1-4H2;/q-1;+1. The molecule has 0 aliphatic carbocycles. The van der Waals surface area contributed by atoms with Crippen LogP contribution in [0.2, 0.25) is 5.28 Å². The number of hydrogen-bond donors (Lipinski definition) is 0. The quantitative estimate of drug-likeness (QED) is 0.674. The molecule has 0 amide bonds. The summed E-state index contributed by atoms with van der Waals surface area (Å²) in [6.45, 7) is -4.65. The van der Waals surface area contributed by atoms with E-state index in [0.29, 0.717) is 13.0 Å². The van der Waals surface area contributed by atoms with E-state index in [2.05, 4.69) is 4.98 Å². The molecule has 0 spiro atoms. The zero-order valence-electron chi connectivity index (χ0n) is 9.38. The van der Waals surface area contributed by atoms with Crippen molar-refractivity contribution in [2.24, 2.45) is 0 Å². The minimum atomic E-state index is -5.11. The van der Waals surface area contributed by atoms with E-state index in [1.807, 2.05) is 0 Å². The van der Waals surface area contributed by atoms with Crippen molar-refractivity contribution in [1.82, 2.24) is 9.55 Å². The van der Waals surface area contributed by atoms with Crippen LogP contribution in [0.15, 0.2) is 6.20 Å². The number of nitrogens with zero attached hydrogens (tertiary/aromatic N) is 2. The molecule has 2 heterocycles. The molecular weight excluding hydrogens is 282 g/mol. The molecule has 1 aliphatic rings. The van der Waals surface area contributed by atoms with Crippen molar-refractivity contribution in [3.8, 4) is 0 Å². The Hall–Kier alpha value is 0.951. The third kappa shape index (κ3) is 3.71. The van der Waals surface area contributed by atoms with Gasteiger partial charge in [0, 0.05) is 12.8 Å². The van der Waals surface area contributed by atoms with Crippen molar-refractivity contribution < 1.29 is 69.1 Å². The van der Waals surface area contributed by atoms with Gasteiger partial charge in [-0.25, -0.2) is 4.98 Å². The van der Waals surface area contributed by atoms with Gasteiger partial charge in [0.15, 0.2) is 0 Å². The van der Waals surface area contributed by atoms with Crippen molar-refractivity contribution in [3.63, 3.8) is 0 Å². The van der Waals surface area contributed by atoms with E-state index in [1.165, 1.54) is 0 Å². The van der Waals surface area contributed by atoms with E-state index >= 15 is 0 Å². The minimum absolute atomic E-state index is 0. The number of rotatable bonds is 2.